The topological polar surface area (TPSA) is 120 Å². The summed E-state index contributed by atoms with van der Waals surface area (Å²) in [7, 11) is 0. The molecule has 11 heteroatoms. The van der Waals surface area contributed by atoms with Crippen molar-refractivity contribution in [1.29, 1.82) is 0 Å². The smallest absolute Gasteiger partial charge is 0.271 e. The van der Waals surface area contributed by atoms with Crippen LogP contribution in [0.15, 0.2) is 36.4 Å². The predicted molar refractivity (Wildman–Crippen MR) is 101 cm³/mol. The van der Waals surface area contributed by atoms with Crippen molar-refractivity contribution in [3.05, 3.63) is 56.6 Å². The molecule has 0 radical (unpaired) electrons. The maximum absolute atomic E-state index is 11.2. The van der Waals surface area contributed by atoms with Crippen molar-refractivity contribution in [3.63, 3.8) is 0 Å². The lowest BCUT2D eigenvalue weighted by atomic mass is 10.2. The molecule has 3 heterocycles. The van der Waals surface area contributed by atoms with E-state index in [1.165, 1.54) is 24.3 Å². The molecule has 3 aliphatic rings. The summed E-state index contributed by atoms with van der Waals surface area (Å²) in [5, 5.41) is 22.4. The van der Waals surface area contributed by atoms with E-state index in [0.29, 0.717) is 36.0 Å². The van der Waals surface area contributed by atoms with E-state index in [9.17, 15) is 20.2 Å². The molecule has 1 fully saturated rings. The zero-order valence-electron chi connectivity index (χ0n) is 15.1. The van der Waals surface area contributed by atoms with Gasteiger partial charge in [0.1, 0.15) is 24.7 Å². The Morgan fingerprint density at radius 2 is 1.24 bits per heavy atom. The van der Waals surface area contributed by atoms with Crippen molar-refractivity contribution in [1.82, 2.24) is 0 Å². The molecule has 5 rings (SSSR count). The largest absolute Gasteiger partial charge is 0.487 e. The lowest BCUT2D eigenvalue weighted by molar-refractivity contribution is -0.385. The molecule has 2 aromatic rings. The highest BCUT2D eigenvalue weighted by molar-refractivity contribution is 5.67. The van der Waals surface area contributed by atoms with E-state index < -0.39 is 22.3 Å². The van der Waals surface area contributed by atoms with Crippen LogP contribution in [0.25, 0.3) is 0 Å². The third kappa shape index (κ3) is 2.86. The predicted octanol–water partition coefficient (Wildman–Crippen LogP) is 2.28. The van der Waals surface area contributed by atoms with Gasteiger partial charge in [-0.1, -0.05) is 0 Å². The van der Waals surface area contributed by atoms with Crippen molar-refractivity contribution >= 4 is 22.7 Å². The summed E-state index contributed by atoms with van der Waals surface area (Å²) in [4.78, 5) is 25.3. The minimum Gasteiger partial charge on any atom is -0.487 e. The fourth-order valence-electron chi connectivity index (χ4n) is 3.90. The summed E-state index contributed by atoms with van der Waals surface area (Å²) < 4.78 is 17.7. The van der Waals surface area contributed by atoms with E-state index in [0.717, 1.165) is 0 Å². The second-order valence-corrected chi connectivity index (χ2v) is 6.87. The van der Waals surface area contributed by atoms with Gasteiger partial charge in [-0.25, -0.2) is 0 Å². The second-order valence-electron chi connectivity index (χ2n) is 6.87. The summed E-state index contributed by atoms with van der Waals surface area (Å²) >= 11 is 0. The highest BCUT2D eigenvalue weighted by Gasteiger charge is 2.39. The van der Waals surface area contributed by atoms with Crippen LogP contribution in [-0.4, -0.2) is 48.6 Å². The number of nitro benzene ring substituents is 2. The van der Waals surface area contributed by atoms with E-state index >= 15 is 0 Å². The number of hydrogen-bond acceptors (Lipinski definition) is 9. The molecule has 1 saturated heterocycles. The molecule has 0 unspecified atom stereocenters. The average Bonchev–Trinajstić information content (AvgIpc) is 2.92. The molecular formula is C18H16N4O7. The highest BCUT2D eigenvalue weighted by atomic mass is 16.6. The minimum absolute atomic E-state index is 0.0285. The molecule has 0 aliphatic carbocycles. The van der Waals surface area contributed by atoms with Crippen LogP contribution in [0, 0.1) is 20.2 Å². The van der Waals surface area contributed by atoms with Crippen LogP contribution in [0.5, 0.6) is 11.5 Å². The molecule has 150 valence electrons. The minimum atomic E-state index is -0.455. The number of non-ortho nitro benzene ring substituents is 2. The molecule has 0 spiro atoms. The van der Waals surface area contributed by atoms with Crippen molar-refractivity contribution in [3.8, 4) is 11.5 Å². The van der Waals surface area contributed by atoms with Gasteiger partial charge in [0.2, 0.25) is 0 Å². The van der Waals surface area contributed by atoms with Gasteiger partial charge in [0, 0.05) is 37.4 Å². The quantitative estimate of drug-likeness (QED) is 0.552. The highest BCUT2D eigenvalue weighted by Crippen LogP contribution is 2.42. The first-order chi connectivity index (χ1) is 14.0. The first-order valence-corrected chi connectivity index (χ1v) is 9.02. The zero-order valence-corrected chi connectivity index (χ0v) is 15.1. The molecule has 29 heavy (non-hydrogen) atoms. The Balaban J connectivity index is 1.49. The Labute approximate surface area is 164 Å². The number of nitrogens with zero attached hydrogens (tertiary/aromatic N) is 4. The Bertz CT molecular complexity index is 934. The van der Waals surface area contributed by atoms with Gasteiger partial charge in [-0.3, -0.25) is 20.2 Å². The van der Waals surface area contributed by atoms with Gasteiger partial charge in [0.15, 0.2) is 12.5 Å². The number of hydrogen-bond donors (Lipinski definition) is 0. The first kappa shape index (κ1) is 17.5. The zero-order chi connectivity index (χ0) is 20.1. The van der Waals surface area contributed by atoms with Gasteiger partial charge >= 0.3 is 0 Å². The number of fused-ring (bicyclic) bond motifs is 6. The third-order valence-electron chi connectivity index (χ3n) is 5.28. The number of nitro groups is 2. The Morgan fingerprint density at radius 1 is 0.793 bits per heavy atom. The Hall–Kier alpha value is -3.60. The third-order valence-corrected chi connectivity index (χ3v) is 5.28. The summed E-state index contributed by atoms with van der Waals surface area (Å²) in [5.74, 6) is 1.12. The normalized spacial score (nSPS) is 22.1. The van der Waals surface area contributed by atoms with E-state index in [1.807, 2.05) is 9.80 Å². The van der Waals surface area contributed by atoms with Crippen molar-refractivity contribution in [2.24, 2.45) is 0 Å². The molecule has 0 N–H and O–H groups in total. The Morgan fingerprint density at radius 3 is 1.66 bits per heavy atom. The summed E-state index contributed by atoms with van der Waals surface area (Å²) in [5.41, 5.74) is 1.13. The van der Waals surface area contributed by atoms with Gasteiger partial charge in [-0.15, -0.1) is 0 Å². The van der Waals surface area contributed by atoms with Crippen LogP contribution in [-0.2, 0) is 4.74 Å². The van der Waals surface area contributed by atoms with Gasteiger partial charge in [0.05, 0.1) is 21.2 Å². The molecule has 0 saturated carbocycles. The maximum Gasteiger partial charge on any atom is 0.271 e. The molecular weight excluding hydrogens is 384 g/mol. The van der Waals surface area contributed by atoms with Crippen LogP contribution in [0.4, 0.5) is 22.7 Å². The van der Waals surface area contributed by atoms with Crippen molar-refractivity contribution in [2.45, 2.75) is 12.5 Å². The number of benzene rings is 2. The van der Waals surface area contributed by atoms with Gasteiger partial charge in [0.25, 0.3) is 11.4 Å². The first-order valence-electron chi connectivity index (χ1n) is 9.02. The number of ether oxygens (including phenoxy) is 3. The average molecular weight is 400 g/mol. The standard InChI is InChI=1S/C18H16N4O7/c23-21(24)11-1-3-15-13(7-11)19-5-6-20-14-8-12(22(25)26)2-4-16(14)28-10-18(20)29-17(19)9-27-15/h1-4,7-8,17-18H,5-6,9-10H2/t17-,18-/m1/s1. The fraction of sp³-hybridized carbons (Fsp3) is 0.333. The lowest BCUT2D eigenvalue weighted by Gasteiger charge is -2.38. The van der Waals surface area contributed by atoms with Crippen LogP contribution in [0.2, 0.25) is 0 Å². The molecule has 0 bridgehead atoms. The van der Waals surface area contributed by atoms with Crippen LogP contribution in [0.1, 0.15) is 0 Å². The molecule has 3 aliphatic heterocycles. The maximum atomic E-state index is 11.2. The number of rotatable bonds is 2. The van der Waals surface area contributed by atoms with Gasteiger partial charge in [-0.2, -0.15) is 0 Å². The number of anilines is 2. The van der Waals surface area contributed by atoms with E-state index in [2.05, 4.69) is 0 Å². The molecule has 0 amide bonds. The van der Waals surface area contributed by atoms with Crippen LogP contribution >= 0.6 is 0 Å². The van der Waals surface area contributed by atoms with E-state index in [4.69, 9.17) is 14.2 Å². The summed E-state index contributed by atoms with van der Waals surface area (Å²) in [6, 6.07) is 8.94. The van der Waals surface area contributed by atoms with Crippen molar-refractivity contribution < 1.29 is 24.1 Å². The monoisotopic (exact) mass is 400 g/mol. The fourth-order valence-corrected chi connectivity index (χ4v) is 3.90. The Kier molecular flexibility index (Phi) is 3.91. The van der Waals surface area contributed by atoms with Crippen molar-refractivity contribution in [2.75, 3.05) is 36.1 Å². The molecule has 2 atom stereocenters. The SMILES string of the molecule is O=[N+]([O-])c1ccc2c(c1)N1CCN3c4cc([N+](=O)[O-])ccc4OC[C@H]3O[C@@H]1CO2. The molecule has 2 aromatic carbocycles. The molecule has 0 aromatic heterocycles. The van der Waals surface area contributed by atoms with E-state index in [-0.39, 0.29) is 24.6 Å². The lowest BCUT2D eigenvalue weighted by Crippen LogP contribution is -2.48. The van der Waals surface area contributed by atoms with E-state index in [1.54, 1.807) is 12.1 Å². The van der Waals surface area contributed by atoms with Crippen LogP contribution in [0.3, 0.4) is 0 Å². The molecule has 11 nitrogen and oxygen atoms in total. The van der Waals surface area contributed by atoms with Gasteiger partial charge < -0.3 is 24.0 Å². The van der Waals surface area contributed by atoms with Gasteiger partial charge in [-0.05, 0) is 12.1 Å². The summed E-state index contributed by atoms with van der Waals surface area (Å²) in [6.07, 6.45) is -0.910. The summed E-state index contributed by atoms with van der Waals surface area (Å²) in [6.45, 7) is 1.52. The van der Waals surface area contributed by atoms with Crippen LogP contribution < -0.4 is 19.3 Å². The second kappa shape index (κ2) is 6.48.